The van der Waals surface area contributed by atoms with Crippen LogP contribution >= 0.6 is 27.5 Å². The Morgan fingerprint density at radius 3 is 1.68 bits per heavy atom. The number of Topliss-reactive ketones (excluding diaryl/α,β-unsaturated/α-hetero) is 1. The molecule has 0 saturated heterocycles. The van der Waals surface area contributed by atoms with E-state index in [0.717, 1.165) is 6.08 Å². The number of anilines is 2. The molecule has 0 aromatic heterocycles. The van der Waals surface area contributed by atoms with Crippen molar-refractivity contribution in [2.45, 2.75) is 130 Å². The lowest BCUT2D eigenvalue weighted by molar-refractivity contribution is -0.121. The standard InChI is InChI=1S/C33H45N3O9.C31H43N3O8.C2H2BrClO/c1-8-12-36-27(37)17-44-25-16-23-30(39)22(28(25)36)13-18(2)14-26(43-7)29(38)20(4)15-21(5)31(45-33(34)41)24(42-6)11-9-10-19(3)32(40)35-23;1-8-12-33-26-21-13-17(2)14-25(41-7)27(36)19(4)15-20(5)29(42-31(32)39)24(40-6)11-9-10-18(3)30(38)34-22(28(21)37)16-23(26)35;3-1-2(4)5/h8-11,15-16,18,20,24,26,29,31,38-39H,1,12-14,17H2,2-7H3,(H2,34,41)(H,35,40);8-11,15-17,19,24-25,27,29,33,36H,1,12-14H2,2-7H3,(H2,32,39)(H,34,38);1H2/b11-9-,19-10+,21-15+;11-9-,18-10+,20-15+;/t18-,20+,24+,26+,29-,31+;17-,19+,24+,25+,27?,29+;/m11./s1. The molecular formula is C66H90BrClN6O18. The normalized spacial score (nSPS) is 29.3. The van der Waals surface area contributed by atoms with E-state index in [9.17, 15) is 53.7 Å². The van der Waals surface area contributed by atoms with Crippen molar-refractivity contribution in [1.82, 2.24) is 10.6 Å². The summed E-state index contributed by atoms with van der Waals surface area (Å²) in [7, 11) is 5.87. The number of carbonyl (C=O) groups is 8. The number of aliphatic hydroxyl groups excluding tert-OH is 2. The Hall–Kier alpha value is -7.49. The molecule has 10 N–H and O–H groups in total. The number of carbonyl (C=O) groups excluding carboxylic acids is 8. The van der Waals surface area contributed by atoms with Gasteiger partial charge in [0.1, 0.15) is 23.7 Å². The van der Waals surface area contributed by atoms with Crippen LogP contribution in [0.5, 0.6) is 11.5 Å². The van der Waals surface area contributed by atoms with Crippen LogP contribution in [0.25, 0.3) is 0 Å². The van der Waals surface area contributed by atoms with Gasteiger partial charge in [-0.15, -0.1) is 13.2 Å². The summed E-state index contributed by atoms with van der Waals surface area (Å²) in [6, 6.07) is 1.50. The lowest BCUT2D eigenvalue weighted by Crippen LogP contribution is -2.40. The molecule has 24 nitrogen and oxygen atoms in total. The molecule has 4 bridgehead atoms. The highest BCUT2D eigenvalue weighted by Crippen LogP contribution is 2.46. The summed E-state index contributed by atoms with van der Waals surface area (Å²) in [6.45, 7) is 21.7. The largest absolute Gasteiger partial charge is 0.505 e. The number of allylic oxidation sites excluding steroid dienone is 6. The van der Waals surface area contributed by atoms with Crippen molar-refractivity contribution in [3.05, 3.63) is 131 Å². The van der Waals surface area contributed by atoms with Crippen LogP contribution in [0.15, 0.2) is 125 Å². The van der Waals surface area contributed by atoms with Gasteiger partial charge in [0.05, 0.1) is 52.5 Å². The summed E-state index contributed by atoms with van der Waals surface area (Å²) in [4.78, 5) is 100. The molecule has 5 amide bonds. The number of nitrogens with one attached hydrogen (secondary N) is 3. The Kier molecular flexibility index (Phi) is 33.0. The summed E-state index contributed by atoms with van der Waals surface area (Å²) in [5.41, 5.74) is 13.6. The number of halogens is 2. The number of aromatic hydroxyl groups is 1. The molecule has 0 radical (unpaired) electrons. The minimum absolute atomic E-state index is 0.116. The van der Waals surface area contributed by atoms with Crippen molar-refractivity contribution in [3.63, 3.8) is 0 Å². The van der Waals surface area contributed by atoms with E-state index in [4.69, 9.17) is 56.2 Å². The van der Waals surface area contributed by atoms with E-state index >= 15 is 0 Å². The first-order valence-electron chi connectivity index (χ1n) is 29.6. The van der Waals surface area contributed by atoms with Gasteiger partial charge >= 0.3 is 12.2 Å². The zero-order chi connectivity index (χ0) is 69.3. The maximum Gasteiger partial charge on any atom is 0.405 e. The van der Waals surface area contributed by atoms with E-state index in [1.54, 1.807) is 89.3 Å². The van der Waals surface area contributed by atoms with Gasteiger partial charge in [-0.1, -0.05) is 104 Å². The molecule has 506 valence electrons. The number of ether oxygens (including phenoxy) is 7. The van der Waals surface area contributed by atoms with E-state index in [2.05, 4.69) is 45.0 Å². The second kappa shape index (κ2) is 38.5. The molecule has 3 aliphatic heterocycles. The number of phenols is 1. The van der Waals surface area contributed by atoms with Gasteiger partial charge < -0.3 is 80.8 Å². The number of benzene rings is 1. The predicted molar refractivity (Wildman–Crippen MR) is 353 cm³/mol. The van der Waals surface area contributed by atoms with Crippen molar-refractivity contribution < 1.29 is 86.8 Å². The monoisotopic (exact) mass is 1370 g/mol. The molecule has 3 heterocycles. The zero-order valence-corrected chi connectivity index (χ0v) is 56.6. The quantitative estimate of drug-likeness (QED) is 0.0331. The van der Waals surface area contributed by atoms with E-state index in [-0.39, 0.29) is 94.8 Å². The van der Waals surface area contributed by atoms with Gasteiger partial charge in [0.2, 0.25) is 16.8 Å². The Bertz CT molecular complexity index is 3110. The highest BCUT2D eigenvalue weighted by Gasteiger charge is 2.36. The molecule has 0 spiro atoms. The first-order valence-corrected chi connectivity index (χ1v) is 31.1. The number of ketones is 2. The molecule has 0 fully saturated rings. The van der Waals surface area contributed by atoms with Crippen LogP contribution in [-0.2, 0) is 63.6 Å². The minimum atomic E-state index is -1.00. The highest BCUT2D eigenvalue weighted by atomic mass is 79.9. The summed E-state index contributed by atoms with van der Waals surface area (Å²) >= 11 is 7.61. The molecule has 1 aliphatic carbocycles. The van der Waals surface area contributed by atoms with E-state index < -0.39 is 96.2 Å². The average Bonchev–Trinajstić information content (AvgIpc) is 0.787. The fourth-order valence-corrected chi connectivity index (χ4v) is 10.6. The molecule has 26 heteroatoms. The van der Waals surface area contributed by atoms with Crippen LogP contribution in [0.1, 0.15) is 80.2 Å². The number of hydrogen-bond acceptors (Lipinski definition) is 19. The number of fused-ring (bicyclic) bond motifs is 6. The smallest absolute Gasteiger partial charge is 0.405 e. The third-order valence-corrected chi connectivity index (χ3v) is 16.3. The predicted octanol–water partition coefficient (Wildman–Crippen LogP) is 7.45. The number of aliphatic hydroxyl groups is 2. The van der Waals surface area contributed by atoms with Crippen molar-refractivity contribution in [2.75, 3.05) is 63.7 Å². The molecule has 92 heavy (non-hydrogen) atoms. The summed E-state index contributed by atoms with van der Waals surface area (Å²) < 4.78 is 39.0. The van der Waals surface area contributed by atoms with Gasteiger partial charge in [-0.3, -0.25) is 28.8 Å². The van der Waals surface area contributed by atoms with Crippen LogP contribution in [-0.4, -0.2) is 164 Å². The van der Waals surface area contributed by atoms with Crippen molar-refractivity contribution in [3.8, 4) is 11.5 Å². The number of nitrogens with two attached hydrogens (primary N) is 2. The molecule has 12 atom stereocenters. The molecule has 4 aliphatic rings. The van der Waals surface area contributed by atoms with Crippen molar-refractivity contribution in [1.29, 1.82) is 0 Å². The first kappa shape index (κ1) is 78.8. The Morgan fingerprint density at radius 1 is 0.772 bits per heavy atom. The molecule has 0 saturated carbocycles. The Morgan fingerprint density at radius 2 is 1.25 bits per heavy atom. The fraction of sp³-hybridized carbons (Fsp3) is 0.485. The van der Waals surface area contributed by atoms with Gasteiger partial charge in [0, 0.05) is 87.8 Å². The Balaban J connectivity index is 0.000000448. The number of methoxy groups -OCH3 is 4. The molecule has 5 rings (SSSR count). The van der Waals surface area contributed by atoms with Crippen LogP contribution in [0.4, 0.5) is 21.0 Å². The fourth-order valence-electron chi connectivity index (χ4n) is 10.6. The number of alkyl halides is 1. The van der Waals surface area contributed by atoms with Crippen molar-refractivity contribution >= 4 is 85.6 Å². The van der Waals surface area contributed by atoms with Gasteiger partial charge in [-0.2, -0.15) is 0 Å². The maximum absolute atomic E-state index is 13.5. The van der Waals surface area contributed by atoms with Crippen molar-refractivity contribution in [2.24, 2.45) is 35.1 Å². The maximum atomic E-state index is 13.5. The van der Waals surface area contributed by atoms with Gasteiger partial charge in [-0.25, -0.2) is 9.59 Å². The third-order valence-electron chi connectivity index (χ3n) is 15.3. The summed E-state index contributed by atoms with van der Waals surface area (Å²) in [5.74, 6) is -3.41. The second-order valence-electron chi connectivity index (χ2n) is 22.6. The SMILES string of the molecule is C=CCN1C(=O)COc2cc3c(O)c(c21)C[C@@H](C)C[C@H](OC)[C@H](O)[C@@H](C)/C=C(\C)[C@H](OC(N)=O)[C@@H](OC)/C=C\C=C(/C)C(=O)N3.C=CCNC1=C2C[C@@H](C)C[C@H](OC)C(O)[C@@H](C)/C=C(\C)[C@H](OC(N)=O)[C@@H](OC)/C=C\C=C(/C)C(=O)NC(=CC1=O)C2=O.O=C(Cl)CBr. The van der Waals surface area contributed by atoms with Crippen LogP contribution in [0.3, 0.4) is 0 Å². The molecule has 1 aromatic carbocycles. The first-order chi connectivity index (χ1) is 43.4. The van der Waals surface area contributed by atoms with Gasteiger partial charge in [0.15, 0.2) is 18.8 Å². The lowest BCUT2D eigenvalue weighted by atomic mass is 9.85. The number of phenolic OH excluding ortho intramolecular Hbond substituents is 1. The van der Waals surface area contributed by atoms with E-state index in [1.807, 2.05) is 20.8 Å². The second-order valence-corrected chi connectivity index (χ2v) is 23.6. The molecular weight excluding hydrogens is 1280 g/mol. The van der Waals surface area contributed by atoms with Crippen LogP contribution in [0, 0.1) is 23.7 Å². The van der Waals surface area contributed by atoms with Gasteiger partial charge in [0.25, 0.3) is 17.7 Å². The topological polar surface area (TPSA) is 353 Å². The molecule has 1 aromatic rings. The van der Waals surface area contributed by atoms with Crippen LogP contribution in [0.2, 0.25) is 0 Å². The number of rotatable bonds is 12. The average molecular weight is 1370 g/mol. The van der Waals surface area contributed by atoms with E-state index in [0.29, 0.717) is 46.6 Å². The lowest BCUT2D eigenvalue weighted by Gasteiger charge is -2.33. The van der Waals surface area contributed by atoms with E-state index in [1.165, 1.54) is 45.5 Å². The minimum Gasteiger partial charge on any atom is -0.505 e. The number of nitrogens with zero attached hydrogens (tertiary/aromatic N) is 1. The third kappa shape index (κ3) is 23.0. The van der Waals surface area contributed by atoms with Crippen LogP contribution < -0.4 is 37.1 Å². The highest BCUT2D eigenvalue weighted by molar-refractivity contribution is 9.09. The zero-order valence-electron chi connectivity index (χ0n) is 54.3. The van der Waals surface area contributed by atoms with Gasteiger partial charge in [-0.05, 0) is 88.0 Å². The number of hydrogen-bond donors (Lipinski definition) is 8. The number of primary amides is 2. The molecule has 1 unspecified atom stereocenters. The number of amides is 5. The summed E-state index contributed by atoms with van der Waals surface area (Å²) in [6.07, 6.45) is 9.84. The Labute approximate surface area is 551 Å². The summed E-state index contributed by atoms with van der Waals surface area (Å²) in [5, 5.41) is 42.3.